The first-order valence-electron chi connectivity index (χ1n) is 3.71. The Balaban J connectivity index is 0. The summed E-state index contributed by atoms with van der Waals surface area (Å²) in [4.78, 5) is 15.8. The molecule has 0 unspecified atom stereocenters. The molecule has 0 rings (SSSR count). The molecular weight excluding hydrogens is 222 g/mol. The van der Waals surface area contributed by atoms with Gasteiger partial charge in [0.15, 0.2) is 0 Å². The van der Waals surface area contributed by atoms with Crippen LogP contribution in [0.25, 0.3) is 0 Å². The van der Waals surface area contributed by atoms with Crippen molar-refractivity contribution >= 4 is 5.97 Å². The molecule has 0 N–H and O–H groups in total. The number of quaternary nitrogens is 1. The number of halogens is 1. The van der Waals surface area contributed by atoms with Crippen LogP contribution in [0.3, 0.4) is 0 Å². The monoisotopic (exact) mass is 237 g/mol. The van der Waals surface area contributed by atoms with Gasteiger partial charge in [-0.1, -0.05) is 13.5 Å². The van der Waals surface area contributed by atoms with Gasteiger partial charge >= 0.3 is 5.97 Å². The molecule has 0 radical (unpaired) electrons. The second-order valence-corrected chi connectivity index (χ2v) is 2.91. The molecule has 0 fully saturated rings. The molecule has 0 heterocycles. The molecule has 3 nitrogen and oxygen atoms in total. The second-order valence-electron chi connectivity index (χ2n) is 2.91. The van der Waals surface area contributed by atoms with E-state index in [0.29, 0.717) is 0 Å². The Morgan fingerprint density at radius 3 is 2.42 bits per heavy atom. The third-order valence-corrected chi connectivity index (χ3v) is 1.27. The lowest BCUT2D eigenvalue weighted by molar-refractivity contribution is -1.06. The number of hydroxylamine groups is 3. The molecule has 4 heteroatoms. The average Bonchev–Trinajstić information content (AvgIpc) is 1.86. The van der Waals surface area contributed by atoms with E-state index < -0.39 is 0 Å². The van der Waals surface area contributed by atoms with E-state index in [-0.39, 0.29) is 27.6 Å². The van der Waals surface area contributed by atoms with Crippen LogP contribution in [-0.4, -0.2) is 31.3 Å². The number of nitrogens with zero attached hydrogens (tertiary/aromatic N) is 1. The SMILES string of the molecule is C=CC(=O)O[N+](C)(C)CCC.[Br-]. The van der Waals surface area contributed by atoms with Gasteiger partial charge in [-0.2, -0.15) is 0 Å². The minimum atomic E-state index is -0.372. The molecule has 0 aliphatic carbocycles. The van der Waals surface area contributed by atoms with Gasteiger partial charge in [0.05, 0.1) is 0 Å². The number of hydrogen-bond acceptors (Lipinski definition) is 2. The first-order valence-corrected chi connectivity index (χ1v) is 3.71. The summed E-state index contributed by atoms with van der Waals surface area (Å²) in [5.41, 5.74) is 0. The highest BCUT2D eigenvalue weighted by Gasteiger charge is 2.18. The summed E-state index contributed by atoms with van der Waals surface area (Å²) in [7, 11) is 3.68. The summed E-state index contributed by atoms with van der Waals surface area (Å²) in [5.74, 6) is -0.372. The predicted octanol–water partition coefficient (Wildman–Crippen LogP) is -1.88. The number of hydrogen-bond donors (Lipinski definition) is 0. The Kier molecular flexibility index (Phi) is 7.33. The molecule has 0 amide bonds. The fourth-order valence-electron chi connectivity index (χ4n) is 0.865. The molecule has 0 aromatic rings. The van der Waals surface area contributed by atoms with E-state index in [1.807, 2.05) is 21.0 Å². The Morgan fingerprint density at radius 2 is 2.08 bits per heavy atom. The normalized spacial score (nSPS) is 9.92. The average molecular weight is 238 g/mol. The Labute approximate surface area is 84.3 Å². The van der Waals surface area contributed by atoms with Crippen molar-refractivity contribution in [2.24, 2.45) is 0 Å². The van der Waals surface area contributed by atoms with E-state index in [4.69, 9.17) is 4.84 Å². The summed E-state index contributed by atoms with van der Waals surface area (Å²) in [6.07, 6.45) is 2.16. The molecule has 0 saturated carbocycles. The van der Waals surface area contributed by atoms with Crippen LogP contribution in [0.2, 0.25) is 0 Å². The first-order chi connectivity index (χ1) is 5.02. The minimum Gasteiger partial charge on any atom is -1.00 e. The maximum atomic E-state index is 10.7. The number of carbonyl (C=O) groups excluding carboxylic acids is 1. The standard InChI is InChI=1S/C8H16NO2.BrH/c1-5-7-9(3,4)11-8(10)6-2;/h6H,2,5,7H2,1,3-4H3;1H/q+1;/p-1. The second kappa shape index (κ2) is 6.20. The van der Waals surface area contributed by atoms with Crippen molar-refractivity contribution in [1.29, 1.82) is 0 Å². The van der Waals surface area contributed by atoms with Gasteiger partial charge in [0, 0.05) is 6.08 Å². The third kappa shape index (κ3) is 6.37. The summed E-state index contributed by atoms with van der Waals surface area (Å²) < 4.78 is 0.265. The summed E-state index contributed by atoms with van der Waals surface area (Å²) >= 11 is 0. The van der Waals surface area contributed by atoms with E-state index in [0.717, 1.165) is 13.0 Å². The van der Waals surface area contributed by atoms with Crippen molar-refractivity contribution in [3.8, 4) is 0 Å². The number of rotatable bonds is 4. The molecule has 0 atom stereocenters. The van der Waals surface area contributed by atoms with E-state index >= 15 is 0 Å². The van der Waals surface area contributed by atoms with Crippen LogP contribution in [0.15, 0.2) is 12.7 Å². The lowest BCUT2D eigenvalue weighted by atomic mass is 10.4. The zero-order chi connectivity index (χ0) is 8.91. The smallest absolute Gasteiger partial charge is 0.389 e. The highest BCUT2D eigenvalue weighted by Crippen LogP contribution is 2.00. The van der Waals surface area contributed by atoms with Crippen LogP contribution in [0.4, 0.5) is 0 Å². The quantitative estimate of drug-likeness (QED) is 0.325. The topological polar surface area (TPSA) is 26.3 Å². The van der Waals surface area contributed by atoms with Crippen molar-refractivity contribution < 1.29 is 31.3 Å². The molecule has 0 aromatic carbocycles. The van der Waals surface area contributed by atoms with Crippen molar-refractivity contribution in [2.75, 3.05) is 20.6 Å². The van der Waals surface area contributed by atoms with Crippen LogP contribution >= 0.6 is 0 Å². The molecular formula is C8H16BrNO2. The molecule has 0 aromatic heterocycles. The van der Waals surface area contributed by atoms with Crippen LogP contribution in [0.1, 0.15) is 13.3 Å². The van der Waals surface area contributed by atoms with Crippen molar-refractivity contribution in [3.05, 3.63) is 12.7 Å². The van der Waals surface area contributed by atoms with E-state index in [1.165, 1.54) is 6.08 Å². The molecule has 0 spiro atoms. The zero-order valence-electron chi connectivity index (χ0n) is 7.84. The lowest BCUT2D eigenvalue weighted by Gasteiger charge is -2.24. The number of carbonyl (C=O) groups is 1. The summed E-state index contributed by atoms with van der Waals surface area (Å²) in [5, 5.41) is 0. The Hall–Kier alpha value is -0.350. The van der Waals surface area contributed by atoms with Gasteiger partial charge in [0.2, 0.25) is 0 Å². The Bertz CT molecular complexity index is 157. The zero-order valence-corrected chi connectivity index (χ0v) is 9.43. The lowest BCUT2D eigenvalue weighted by Crippen LogP contribution is -3.00. The highest BCUT2D eigenvalue weighted by molar-refractivity contribution is 5.80. The maximum absolute atomic E-state index is 10.7. The Morgan fingerprint density at radius 1 is 1.58 bits per heavy atom. The van der Waals surface area contributed by atoms with Gasteiger partial charge < -0.3 is 17.0 Å². The van der Waals surface area contributed by atoms with E-state index in [2.05, 4.69) is 6.58 Å². The third-order valence-electron chi connectivity index (χ3n) is 1.27. The molecule has 0 saturated heterocycles. The fraction of sp³-hybridized carbons (Fsp3) is 0.625. The van der Waals surface area contributed by atoms with Gasteiger partial charge in [0.25, 0.3) is 0 Å². The maximum Gasteiger partial charge on any atom is 0.389 e. The van der Waals surface area contributed by atoms with Gasteiger partial charge in [-0.15, -0.1) is 4.65 Å². The van der Waals surface area contributed by atoms with Crippen LogP contribution in [0.5, 0.6) is 0 Å². The van der Waals surface area contributed by atoms with Gasteiger partial charge in [-0.3, -0.25) is 4.84 Å². The van der Waals surface area contributed by atoms with Gasteiger partial charge in [0.1, 0.15) is 20.6 Å². The van der Waals surface area contributed by atoms with E-state index in [9.17, 15) is 4.79 Å². The van der Waals surface area contributed by atoms with Gasteiger partial charge in [-0.05, 0) is 6.42 Å². The van der Waals surface area contributed by atoms with Crippen LogP contribution in [0, 0.1) is 0 Å². The predicted molar refractivity (Wildman–Crippen MR) is 43.6 cm³/mol. The summed E-state index contributed by atoms with van der Waals surface area (Å²) in [6.45, 7) is 6.18. The molecule has 0 bridgehead atoms. The summed E-state index contributed by atoms with van der Waals surface area (Å²) in [6, 6.07) is 0. The van der Waals surface area contributed by atoms with Crippen molar-refractivity contribution in [1.82, 2.24) is 0 Å². The molecule has 0 aliphatic rings. The van der Waals surface area contributed by atoms with Crippen LogP contribution < -0.4 is 17.0 Å². The van der Waals surface area contributed by atoms with E-state index in [1.54, 1.807) is 0 Å². The first kappa shape index (κ1) is 14.2. The molecule has 72 valence electrons. The van der Waals surface area contributed by atoms with Gasteiger partial charge in [-0.25, -0.2) is 4.79 Å². The van der Waals surface area contributed by atoms with Crippen LogP contribution in [-0.2, 0) is 9.63 Å². The molecule has 12 heavy (non-hydrogen) atoms. The fourth-order valence-corrected chi connectivity index (χ4v) is 0.865. The largest absolute Gasteiger partial charge is 1.00 e. The molecule has 0 aliphatic heterocycles. The minimum absolute atomic E-state index is 0. The highest BCUT2D eigenvalue weighted by atomic mass is 79.9. The van der Waals surface area contributed by atoms with Crippen molar-refractivity contribution in [2.45, 2.75) is 13.3 Å². The van der Waals surface area contributed by atoms with Crippen molar-refractivity contribution in [3.63, 3.8) is 0 Å².